The van der Waals surface area contributed by atoms with Crippen LogP contribution in [0.25, 0.3) is 5.52 Å². The van der Waals surface area contributed by atoms with E-state index in [2.05, 4.69) is 22.0 Å². The molecule has 0 radical (unpaired) electrons. The number of aliphatic hydroxyl groups is 2. The summed E-state index contributed by atoms with van der Waals surface area (Å²) in [6.07, 6.45) is 14.9. The SMILES string of the molecule is CCCCCCCCCCCCCCOC[C@H](COP(=O)(O)OC[C@@]1(C)OC[C@](O)(c2ccc3c(N)ncnn23)[C@@H]1O)Oc1cc(C#N)ccn1. The molecule has 0 spiro atoms. The van der Waals surface area contributed by atoms with Gasteiger partial charge in [0.1, 0.15) is 29.7 Å². The number of fused-ring (bicyclic) bond motifs is 1. The maximum absolute atomic E-state index is 13.0. The van der Waals surface area contributed by atoms with E-state index in [-0.39, 0.29) is 30.6 Å². The number of aliphatic hydroxyl groups excluding tert-OH is 1. The van der Waals surface area contributed by atoms with Crippen molar-refractivity contribution in [2.24, 2.45) is 0 Å². The van der Waals surface area contributed by atoms with Crippen LogP contribution in [0.4, 0.5) is 5.82 Å². The van der Waals surface area contributed by atoms with Crippen molar-refractivity contribution in [1.29, 1.82) is 5.26 Å². The molecular weight excluding hydrogens is 679 g/mol. The number of nitriles is 1. The lowest BCUT2D eigenvalue weighted by molar-refractivity contribution is -0.1000. The second kappa shape index (κ2) is 19.6. The number of rotatable bonds is 24. The number of phosphoric acid groups is 1. The molecule has 1 aliphatic rings. The maximum atomic E-state index is 13.0. The van der Waals surface area contributed by atoms with Crippen molar-refractivity contribution in [2.45, 2.75) is 114 Å². The minimum atomic E-state index is -4.73. The Kier molecular flexibility index (Phi) is 15.6. The molecule has 0 aliphatic carbocycles. The summed E-state index contributed by atoms with van der Waals surface area (Å²) < 4.78 is 42.3. The van der Waals surface area contributed by atoms with E-state index in [9.17, 15) is 24.9 Å². The third-order valence-electron chi connectivity index (χ3n) is 9.11. The van der Waals surface area contributed by atoms with Gasteiger partial charge in [0, 0.05) is 18.9 Å². The Bertz CT molecular complexity index is 1610. The van der Waals surface area contributed by atoms with Crippen LogP contribution in [0.2, 0.25) is 0 Å². The van der Waals surface area contributed by atoms with Crippen LogP contribution in [0, 0.1) is 11.3 Å². The van der Waals surface area contributed by atoms with E-state index >= 15 is 0 Å². The van der Waals surface area contributed by atoms with Crippen molar-refractivity contribution < 1.29 is 42.9 Å². The smallest absolute Gasteiger partial charge is 0.469 e. The van der Waals surface area contributed by atoms with Gasteiger partial charge in [-0.3, -0.25) is 9.05 Å². The van der Waals surface area contributed by atoms with Crippen LogP contribution in [0.3, 0.4) is 0 Å². The van der Waals surface area contributed by atoms with E-state index in [1.54, 1.807) is 12.1 Å². The largest absolute Gasteiger partial charge is 0.472 e. The Labute approximate surface area is 299 Å². The number of phosphoric ester groups is 1. The molecule has 0 saturated carbocycles. The van der Waals surface area contributed by atoms with Gasteiger partial charge in [0.2, 0.25) is 5.88 Å². The topological polar surface area (TPSA) is 217 Å². The van der Waals surface area contributed by atoms with Crippen LogP contribution < -0.4 is 10.5 Å². The van der Waals surface area contributed by atoms with E-state index in [4.69, 9.17) is 29.0 Å². The second-order valence-corrected chi connectivity index (χ2v) is 14.8. The monoisotopic (exact) mass is 732 g/mol. The molecule has 5 atom stereocenters. The molecule has 1 fully saturated rings. The van der Waals surface area contributed by atoms with Crippen molar-refractivity contribution >= 4 is 19.2 Å². The highest BCUT2D eigenvalue weighted by molar-refractivity contribution is 7.47. The summed E-state index contributed by atoms with van der Waals surface area (Å²) in [6.45, 7) is 2.81. The number of unbranched alkanes of at least 4 members (excludes halogenated alkanes) is 11. The summed E-state index contributed by atoms with van der Waals surface area (Å²) in [4.78, 5) is 18.6. The fourth-order valence-corrected chi connectivity index (χ4v) is 6.92. The molecule has 51 heavy (non-hydrogen) atoms. The second-order valence-electron chi connectivity index (χ2n) is 13.3. The van der Waals surface area contributed by atoms with E-state index < -0.39 is 44.4 Å². The quantitative estimate of drug-likeness (QED) is 0.0687. The summed E-state index contributed by atoms with van der Waals surface area (Å²) in [5.41, 5.74) is 3.32. The highest BCUT2D eigenvalue weighted by atomic mass is 31.2. The number of hydrogen-bond donors (Lipinski definition) is 4. The van der Waals surface area contributed by atoms with Crippen LogP contribution in [0.5, 0.6) is 5.88 Å². The number of pyridine rings is 1. The molecule has 5 N–H and O–H groups in total. The molecule has 1 saturated heterocycles. The van der Waals surface area contributed by atoms with Gasteiger partial charge in [-0.05, 0) is 31.5 Å². The Morgan fingerprint density at radius 2 is 1.75 bits per heavy atom. The van der Waals surface area contributed by atoms with Crippen molar-refractivity contribution in [3.8, 4) is 11.9 Å². The predicted octanol–water partition coefficient (Wildman–Crippen LogP) is 5.21. The molecule has 15 nitrogen and oxygen atoms in total. The maximum Gasteiger partial charge on any atom is 0.472 e. The van der Waals surface area contributed by atoms with E-state index in [0.717, 1.165) is 19.3 Å². The first kappa shape index (κ1) is 40.6. The third kappa shape index (κ3) is 11.7. The van der Waals surface area contributed by atoms with Crippen molar-refractivity contribution in [3.63, 3.8) is 0 Å². The van der Waals surface area contributed by atoms with E-state index in [0.29, 0.717) is 17.7 Å². The van der Waals surface area contributed by atoms with Crippen LogP contribution >= 0.6 is 7.82 Å². The van der Waals surface area contributed by atoms with Gasteiger partial charge in [-0.2, -0.15) is 10.4 Å². The molecule has 4 rings (SSSR count). The number of nitrogen functional groups attached to an aromatic ring is 1. The molecule has 1 unspecified atom stereocenters. The summed E-state index contributed by atoms with van der Waals surface area (Å²) in [7, 11) is -4.73. The normalized spacial score (nSPS) is 22.2. The Hall–Kier alpha value is -3.19. The number of anilines is 1. The zero-order valence-electron chi connectivity index (χ0n) is 29.7. The molecule has 1 aliphatic heterocycles. The van der Waals surface area contributed by atoms with E-state index in [1.807, 2.05) is 6.07 Å². The van der Waals surface area contributed by atoms with Gasteiger partial charge in [0.05, 0.1) is 43.8 Å². The summed E-state index contributed by atoms with van der Waals surface area (Å²) >= 11 is 0. The molecule has 0 aromatic carbocycles. The number of ether oxygens (including phenoxy) is 3. The first-order valence-corrected chi connectivity index (χ1v) is 19.4. The molecule has 0 amide bonds. The van der Waals surface area contributed by atoms with Crippen LogP contribution in [0.1, 0.15) is 102 Å². The van der Waals surface area contributed by atoms with Crippen molar-refractivity contribution in [2.75, 3.05) is 38.8 Å². The molecule has 4 heterocycles. The van der Waals surface area contributed by atoms with Gasteiger partial charge in [-0.15, -0.1) is 0 Å². The molecule has 16 heteroatoms. The highest BCUT2D eigenvalue weighted by Gasteiger charge is 2.58. The van der Waals surface area contributed by atoms with Gasteiger partial charge < -0.3 is 35.1 Å². The van der Waals surface area contributed by atoms with Crippen molar-refractivity contribution in [1.82, 2.24) is 19.6 Å². The van der Waals surface area contributed by atoms with Crippen LogP contribution in [-0.4, -0.2) is 85.5 Å². The number of nitrogens with zero attached hydrogens (tertiary/aromatic N) is 5. The minimum Gasteiger partial charge on any atom is -0.469 e. The standard InChI is InChI=1S/C35H53N6O9P/c1-3-4-5-6-7-8-9-10-11-12-13-14-19-46-22-28(50-31-20-27(21-36)17-18-38-31)23-48-51(44,45)49-24-34(2)33(42)35(43,25-47-34)30-16-15-29-32(37)39-26-40-41(29)30/h15-18,20,26,28,33,42-43H,3-14,19,22-25H2,1-2H3,(H,44,45)(H2,37,39,40)/t28-,33-,34-,35+/m1/s1. The summed E-state index contributed by atoms with van der Waals surface area (Å²) in [6, 6.07) is 8.14. The average molecular weight is 733 g/mol. The number of aromatic nitrogens is 4. The minimum absolute atomic E-state index is 0.0302. The highest BCUT2D eigenvalue weighted by Crippen LogP contribution is 2.47. The van der Waals surface area contributed by atoms with Gasteiger partial charge in [-0.1, -0.05) is 77.6 Å². The Balaban J connectivity index is 1.24. The zero-order valence-corrected chi connectivity index (χ0v) is 30.6. The fourth-order valence-electron chi connectivity index (χ4n) is 6.07. The third-order valence-corrected chi connectivity index (χ3v) is 10.0. The lowest BCUT2D eigenvalue weighted by Gasteiger charge is -2.32. The first-order valence-electron chi connectivity index (χ1n) is 17.9. The van der Waals surface area contributed by atoms with Gasteiger partial charge in [-0.25, -0.2) is 19.0 Å². The lowest BCUT2D eigenvalue weighted by Crippen LogP contribution is -2.49. The Morgan fingerprint density at radius 3 is 2.43 bits per heavy atom. The first-order chi connectivity index (χ1) is 24.5. The van der Waals surface area contributed by atoms with Gasteiger partial charge in [0.25, 0.3) is 0 Å². The Morgan fingerprint density at radius 1 is 1.06 bits per heavy atom. The van der Waals surface area contributed by atoms with E-state index in [1.165, 1.54) is 93.9 Å². The molecular formula is C35H53N6O9P. The fraction of sp³-hybridized carbons (Fsp3) is 0.657. The van der Waals surface area contributed by atoms with Gasteiger partial charge in [0.15, 0.2) is 11.4 Å². The molecule has 3 aromatic heterocycles. The average Bonchev–Trinajstić information content (AvgIpc) is 3.67. The molecule has 0 bridgehead atoms. The summed E-state index contributed by atoms with van der Waals surface area (Å²) in [5.74, 6) is 0.313. The van der Waals surface area contributed by atoms with Crippen molar-refractivity contribution in [3.05, 3.63) is 48.0 Å². The predicted molar refractivity (Wildman–Crippen MR) is 189 cm³/mol. The summed E-state index contributed by atoms with van der Waals surface area (Å²) in [5, 5.41) is 36.1. The molecule has 282 valence electrons. The van der Waals surface area contributed by atoms with Crippen LogP contribution in [0.15, 0.2) is 36.8 Å². The lowest BCUT2D eigenvalue weighted by atomic mass is 9.86. The number of nitrogens with two attached hydrogens (primary N) is 1. The molecule has 3 aromatic rings. The van der Waals surface area contributed by atoms with Crippen LogP contribution in [-0.2, 0) is 28.7 Å². The zero-order chi connectivity index (χ0) is 36.7. The number of hydrogen-bond acceptors (Lipinski definition) is 13. The van der Waals surface area contributed by atoms with Gasteiger partial charge >= 0.3 is 7.82 Å².